The molecule has 2 amide bonds. The van der Waals surface area contributed by atoms with E-state index in [2.05, 4.69) is 10.6 Å². The normalized spacial score (nSPS) is 10.8. The molecule has 168 valence electrons. The van der Waals surface area contributed by atoms with Crippen LogP contribution in [0.5, 0.6) is 11.5 Å². The van der Waals surface area contributed by atoms with Crippen LogP contribution in [0, 0.1) is 0 Å². The number of furan rings is 1. The van der Waals surface area contributed by atoms with Crippen molar-refractivity contribution in [3.8, 4) is 11.5 Å². The monoisotopic (exact) mass is 444 g/mol. The van der Waals surface area contributed by atoms with Crippen LogP contribution in [0.2, 0.25) is 0 Å². The summed E-state index contributed by atoms with van der Waals surface area (Å²) in [6.45, 7) is 3.87. The second-order valence-electron chi connectivity index (χ2n) is 7.63. The molecule has 0 aliphatic heterocycles. The third-order valence-corrected chi connectivity index (χ3v) is 4.86. The molecule has 0 aliphatic carbocycles. The van der Waals surface area contributed by atoms with E-state index in [0.717, 1.165) is 0 Å². The molecule has 3 aromatic carbocycles. The molecular weight excluding hydrogens is 420 g/mol. The topological polar surface area (TPSA) is 89.8 Å². The van der Waals surface area contributed by atoms with Gasteiger partial charge in [0.2, 0.25) is 5.76 Å². The average Bonchev–Trinajstić information content (AvgIpc) is 3.18. The van der Waals surface area contributed by atoms with Crippen LogP contribution in [-0.2, 0) is 0 Å². The van der Waals surface area contributed by atoms with Gasteiger partial charge in [0.05, 0.1) is 13.2 Å². The molecule has 1 aromatic heterocycles. The van der Waals surface area contributed by atoms with Crippen molar-refractivity contribution in [3.05, 3.63) is 84.1 Å². The largest absolute Gasteiger partial charge is 0.497 e. The summed E-state index contributed by atoms with van der Waals surface area (Å²) in [5.41, 5.74) is 1.76. The number of methoxy groups -OCH3 is 1. The Morgan fingerprint density at radius 2 is 1.61 bits per heavy atom. The summed E-state index contributed by atoms with van der Waals surface area (Å²) >= 11 is 0. The number of hydrogen-bond acceptors (Lipinski definition) is 5. The number of ether oxygens (including phenoxy) is 2. The predicted molar refractivity (Wildman–Crippen MR) is 127 cm³/mol. The number of amides is 2. The van der Waals surface area contributed by atoms with Gasteiger partial charge in [-0.1, -0.05) is 18.2 Å². The van der Waals surface area contributed by atoms with Crippen LogP contribution >= 0.6 is 0 Å². The summed E-state index contributed by atoms with van der Waals surface area (Å²) < 4.78 is 16.6. The minimum absolute atomic E-state index is 0.00660. The van der Waals surface area contributed by atoms with Gasteiger partial charge in [-0.2, -0.15) is 0 Å². The summed E-state index contributed by atoms with van der Waals surface area (Å²) in [6, 6.07) is 20.9. The predicted octanol–water partition coefficient (Wildman–Crippen LogP) is 5.73. The maximum atomic E-state index is 13.1. The van der Waals surface area contributed by atoms with Crippen molar-refractivity contribution in [2.24, 2.45) is 0 Å². The zero-order chi connectivity index (χ0) is 23.4. The number of carbonyl (C=O) groups excluding carboxylic acids is 2. The van der Waals surface area contributed by atoms with Crippen LogP contribution in [0.1, 0.15) is 34.8 Å². The van der Waals surface area contributed by atoms with E-state index in [1.54, 1.807) is 73.8 Å². The van der Waals surface area contributed by atoms with Gasteiger partial charge in [-0.05, 0) is 62.4 Å². The number of para-hydroxylation sites is 1. The van der Waals surface area contributed by atoms with E-state index in [0.29, 0.717) is 39.4 Å². The molecule has 7 nitrogen and oxygen atoms in total. The van der Waals surface area contributed by atoms with E-state index in [9.17, 15) is 9.59 Å². The lowest BCUT2D eigenvalue weighted by atomic mass is 10.1. The molecule has 7 heteroatoms. The molecule has 0 spiro atoms. The third kappa shape index (κ3) is 4.98. The van der Waals surface area contributed by atoms with Crippen molar-refractivity contribution in [1.29, 1.82) is 0 Å². The number of fused-ring (bicyclic) bond motifs is 1. The van der Waals surface area contributed by atoms with Crippen LogP contribution < -0.4 is 20.1 Å². The van der Waals surface area contributed by atoms with Crippen molar-refractivity contribution in [2.75, 3.05) is 17.7 Å². The quantitative estimate of drug-likeness (QED) is 0.380. The highest BCUT2D eigenvalue weighted by Gasteiger charge is 2.23. The van der Waals surface area contributed by atoms with E-state index in [1.807, 2.05) is 19.9 Å². The lowest BCUT2D eigenvalue weighted by molar-refractivity contribution is 0.0999. The molecule has 0 bridgehead atoms. The maximum absolute atomic E-state index is 13.1. The zero-order valence-electron chi connectivity index (χ0n) is 18.5. The average molecular weight is 444 g/mol. The standard InChI is InChI=1S/C26H24N2O5/c1-16(2)32-19-13-11-17(12-14-19)25(29)28-23-21-9-4-5-10-22(21)33-24(23)26(30)27-18-7-6-8-20(15-18)31-3/h4-16H,1-3H3,(H,27,30)(H,28,29). The van der Waals surface area contributed by atoms with Crippen molar-refractivity contribution in [2.45, 2.75) is 20.0 Å². The number of nitrogens with one attached hydrogen (secondary N) is 2. The number of benzene rings is 3. The lowest BCUT2D eigenvalue weighted by Gasteiger charge is -2.11. The highest BCUT2D eigenvalue weighted by atomic mass is 16.5. The maximum Gasteiger partial charge on any atom is 0.293 e. The van der Waals surface area contributed by atoms with Crippen molar-refractivity contribution >= 4 is 34.2 Å². The van der Waals surface area contributed by atoms with Gasteiger partial charge in [-0.3, -0.25) is 9.59 Å². The van der Waals surface area contributed by atoms with Crippen molar-refractivity contribution in [3.63, 3.8) is 0 Å². The second kappa shape index (κ2) is 9.48. The Labute approximate surface area is 191 Å². The van der Waals surface area contributed by atoms with E-state index >= 15 is 0 Å². The van der Waals surface area contributed by atoms with Gasteiger partial charge in [-0.15, -0.1) is 0 Å². The summed E-state index contributed by atoms with van der Waals surface area (Å²) in [4.78, 5) is 26.0. The highest BCUT2D eigenvalue weighted by molar-refractivity contribution is 6.16. The molecule has 4 aromatic rings. The molecule has 0 atom stereocenters. The molecule has 4 rings (SSSR count). The minimum atomic E-state index is -0.490. The summed E-state index contributed by atoms with van der Waals surface area (Å²) in [6.07, 6.45) is 0.0348. The number of anilines is 2. The van der Waals surface area contributed by atoms with E-state index in [-0.39, 0.29) is 17.8 Å². The first-order valence-electron chi connectivity index (χ1n) is 10.5. The SMILES string of the molecule is COc1cccc(NC(=O)c2oc3ccccc3c2NC(=O)c2ccc(OC(C)C)cc2)c1. The molecule has 0 saturated heterocycles. The molecule has 1 heterocycles. The van der Waals surface area contributed by atoms with Crippen LogP contribution in [-0.4, -0.2) is 25.0 Å². The Balaban J connectivity index is 1.62. The summed E-state index contributed by atoms with van der Waals surface area (Å²) in [7, 11) is 1.55. The van der Waals surface area contributed by atoms with E-state index in [4.69, 9.17) is 13.9 Å². The first-order valence-corrected chi connectivity index (χ1v) is 10.5. The van der Waals surface area contributed by atoms with Crippen molar-refractivity contribution in [1.82, 2.24) is 0 Å². The Hall–Kier alpha value is -4.26. The van der Waals surface area contributed by atoms with Gasteiger partial charge in [0.25, 0.3) is 11.8 Å². The Morgan fingerprint density at radius 3 is 2.33 bits per heavy atom. The van der Waals surface area contributed by atoms with E-state index < -0.39 is 5.91 Å². The van der Waals surface area contributed by atoms with Gasteiger partial charge in [0.15, 0.2) is 0 Å². The fourth-order valence-electron chi connectivity index (χ4n) is 3.36. The van der Waals surface area contributed by atoms with Crippen molar-refractivity contribution < 1.29 is 23.5 Å². The van der Waals surface area contributed by atoms with Crippen LogP contribution in [0.4, 0.5) is 11.4 Å². The zero-order valence-corrected chi connectivity index (χ0v) is 18.5. The Kier molecular flexibility index (Phi) is 6.31. The molecule has 0 radical (unpaired) electrons. The third-order valence-electron chi connectivity index (χ3n) is 4.86. The number of hydrogen-bond donors (Lipinski definition) is 2. The number of rotatable bonds is 7. The van der Waals surface area contributed by atoms with Gasteiger partial charge in [0.1, 0.15) is 22.8 Å². The summed E-state index contributed by atoms with van der Waals surface area (Å²) in [5, 5.41) is 6.26. The smallest absolute Gasteiger partial charge is 0.293 e. The molecule has 0 aliphatic rings. The molecule has 2 N–H and O–H groups in total. The Morgan fingerprint density at radius 1 is 0.848 bits per heavy atom. The number of carbonyl (C=O) groups is 2. The minimum Gasteiger partial charge on any atom is -0.497 e. The van der Waals surface area contributed by atoms with Crippen LogP contribution in [0.15, 0.2) is 77.2 Å². The lowest BCUT2D eigenvalue weighted by Crippen LogP contribution is -2.17. The van der Waals surface area contributed by atoms with Crippen LogP contribution in [0.3, 0.4) is 0 Å². The molecule has 0 unspecified atom stereocenters. The fourth-order valence-corrected chi connectivity index (χ4v) is 3.36. The summed E-state index contributed by atoms with van der Waals surface area (Å²) in [5.74, 6) is 0.431. The second-order valence-corrected chi connectivity index (χ2v) is 7.63. The van der Waals surface area contributed by atoms with Gasteiger partial charge in [-0.25, -0.2) is 0 Å². The highest BCUT2D eigenvalue weighted by Crippen LogP contribution is 2.32. The molecule has 0 saturated carbocycles. The fraction of sp³-hybridized carbons (Fsp3) is 0.154. The molecular formula is C26H24N2O5. The Bertz CT molecular complexity index is 1290. The van der Waals surface area contributed by atoms with Gasteiger partial charge < -0.3 is 24.5 Å². The first kappa shape index (κ1) is 22.0. The first-order chi connectivity index (χ1) is 15.9. The molecule has 33 heavy (non-hydrogen) atoms. The van der Waals surface area contributed by atoms with E-state index in [1.165, 1.54) is 0 Å². The van der Waals surface area contributed by atoms with Crippen LogP contribution in [0.25, 0.3) is 11.0 Å². The van der Waals surface area contributed by atoms with Gasteiger partial charge in [0, 0.05) is 22.7 Å². The molecule has 0 fully saturated rings. The van der Waals surface area contributed by atoms with Gasteiger partial charge >= 0.3 is 0 Å².